The van der Waals surface area contributed by atoms with Gasteiger partial charge >= 0.3 is 0 Å². The van der Waals surface area contributed by atoms with Gasteiger partial charge < -0.3 is 5.32 Å². The van der Waals surface area contributed by atoms with Gasteiger partial charge in [0.15, 0.2) is 0 Å². The van der Waals surface area contributed by atoms with Crippen molar-refractivity contribution in [3.05, 3.63) is 23.9 Å². The van der Waals surface area contributed by atoms with Crippen molar-refractivity contribution in [1.29, 1.82) is 5.26 Å². The van der Waals surface area contributed by atoms with Crippen molar-refractivity contribution in [3.8, 4) is 6.07 Å². The largest absolute Gasteiger partial charge is 0.366 e. The average molecular weight is 229 g/mol. The molecule has 1 aliphatic rings. The topological polar surface area (TPSA) is 48.7 Å². The van der Waals surface area contributed by atoms with Crippen LogP contribution in [0.15, 0.2) is 18.3 Å². The fourth-order valence-electron chi connectivity index (χ4n) is 2.52. The molecule has 3 heteroatoms. The second-order valence-corrected chi connectivity index (χ2v) is 4.78. The summed E-state index contributed by atoms with van der Waals surface area (Å²) in [6, 6.07) is 6.28. The van der Waals surface area contributed by atoms with E-state index in [1.807, 2.05) is 6.07 Å². The summed E-state index contributed by atoms with van der Waals surface area (Å²) in [6.07, 6.45) is 8.01. The van der Waals surface area contributed by atoms with Crippen LogP contribution < -0.4 is 5.32 Å². The van der Waals surface area contributed by atoms with Crippen LogP contribution in [0.4, 0.5) is 5.82 Å². The third-order valence-corrected chi connectivity index (χ3v) is 3.69. The highest BCUT2D eigenvalue weighted by atomic mass is 15.0. The first kappa shape index (κ1) is 11.9. The third-order valence-electron chi connectivity index (χ3n) is 3.69. The summed E-state index contributed by atoms with van der Waals surface area (Å²) >= 11 is 0. The van der Waals surface area contributed by atoms with Crippen LogP contribution in [-0.4, -0.2) is 11.0 Å². The number of hydrogen-bond donors (Lipinski definition) is 1. The van der Waals surface area contributed by atoms with Crippen LogP contribution in [0.3, 0.4) is 0 Å². The van der Waals surface area contributed by atoms with Crippen molar-refractivity contribution < 1.29 is 0 Å². The Hall–Kier alpha value is -1.56. The molecule has 90 valence electrons. The molecule has 0 unspecified atom stereocenters. The lowest BCUT2D eigenvalue weighted by molar-refractivity contribution is 0.330. The number of nitrogens with zero attached hydrogens (tertiary/aromatic N) is 2. The van der Waals surface area contributed by atoms with E-state index in [2.05, 4.69) is 23.3 Å². The molecule has 0 aliphatic heterocycles. The van der Waals surface area contributed by atoms with Crippen LogP contribution >= 0.6 is 0 Å². The van der Waals surface area contributed by atoms with Crippen molar-refractivity contribution in [2.24, 2.45) is 5.92 Å². The van der Waals surface area contributed by atoms with Crippen LogP contribution in [0.5, 0.6) is 0 Å². The predicted molar refractivity (Wildman–Crippen MR) is 68.6 cm³/mol. The minimum absolute atomic E-state index is 0.486. The van der Waals surface area contributed by atoms with Gasteiger partial charge in [-0.25, -0.2) is 4.98 Å². The Labute approximate surface area is 103 Å². The van der Waals surface area contributed by atoms with Crippen molar-refractivity contribution >= 4 is 5.82 Å². The summed E-state index contributed by atoms with van der Waals surface area (Å²) in [6.45, 7) is 2.27. The van der Waals surface area contributed by atoms with Gasteiger partial charge in [-0.1, -0.05) is 13.3 Å². The van der Waals surface area contributed by atoms with Gasteiger partial charge in [-0.3, -0.25) is 0 Å². The molecule has 1 heterocycles. The molecule has 1 fully saturated rings. The molecule has 0 aromatic carbocycles. The predicted octanol–water partition coefficient (Wildman–Crippen LogP) is 3.33. The fourth-order valence-corrected chi connectivity index (χ4v) is 2.52. The average Bonchev–Trinajstić information content (AvgIpc) is 2.40. The van der Waals surface area contributed by atoms with Crippen molar-refractivity contribution in [3.63, 3.8) is 0 Å². The maximum absolute atomic E-state index is 9.00. The molecule has 1 saturated carbocycles. The molecule has 2 rings (SSSR count). The molecule has 1 N–H and O–H groups in total. The van der Waals surface area contributed by atoms with E-state index < -0.39 is 0 Å². The van der Waals surface area contributed by atoms with Gasteiger partial charge in [0.1, 0.15) is 11.9 Å². The molecule has 3 nitrogen and oxygen atoms in total. The second-order valence-electron chi connectivity index (χ2n) is 4.78. The zero-order chi connectivity index (χ0) is 12.1. The first-order valence-corrected chi connectivity index (χ1v) is 6.45. The van der Waals surface area contributed by atoms with E-state index in [4.69, 9.17) is 5.26 Å². The Balaban J connectivity index is 1.96. The van der Waals surface area contributed by atoms with Gasteiger partial charge in [0, 0.05) is 12.2 Å². The van der Waals surface area contributed by atoms with Crippen LogP contribution in [0.25, 0.3) is 0 Å². The second kappa shape index (κ2) is 5.67. The van der Waals surface area contributed by atoms with E-state index in [1.54, 1.807) is 12.3 Å². The van der Waals surface area contributed by atoms with E-state index >= 15 is 0 Å². The Bertz CT molecular complexity index is 400. The minimum Gasteiger partial charge on any atom is -0.366 e. The SMILES string of the molecule is CCC1CCC(Nc2ncccc2C#N)CC1. The van der Waals surface area contributed by atoms with Crippen LogP contribution in [0.2, 0.25) is 0 Å². The number of pyridine rings is 1. The molecule has 0 radical (unpaired) electrons. The van der Waals surface area contributed by atoms with Crippen molar-refractivity contribution in [2.75, 3.05) is 5.32 Å². The van der Waals surface area contributed by atoms with Crippen molar-refractivity contribution in [2.45, 2.75) is 45.1 Å². The zero-order valence-corrected chi connectivity index (χ0v) is 10.3. The summed E-state index contributed by atoms with van der Waals surface area (Å²) in [5.41, 5.74) is 0.644. The van der Waals surface area contributed by atoms with E-state index in [-0.39, 0.29) is 0 Å². The van der Waals surface area contributed by atoms with Crippen LogP contribution in [-0.2, 0) is 0 Å². The molecule has 1 aromatic rings. The third kappa shape index (κ3) is 2.97. The minimum atomic E-state index is 0.486. The first-order chi connectivity index (χ1) is 8.33. The maximum Gasteiger partial charge on any atom is 0.144 e. The van der Waals surface area contributed by atoms with E-state index in [0.717, 1.165) is 11.7 Å². The lowest BCUT2D eigenvalue weighted by Crippen LogP contribution is -2.26. The molecule has 0 saturated heterocycles. The number of rotatable bonds is 3. The summed E-state index contributed by atoms with van der Waals surface area (Å²) in [7, 11) is 0. The molecule has 0 bridgehead atoms. The zero-order valence-electron chi connectivity index (χ0n) is 10.3. The molecular weight excluding hydrogens is 210 g/mol. The normalized spacial score (nSPS) is 24.0. The maximum atomic E-state index is 9.00. The standard InChI is InChI=1S/C14H19N3/c1-2-11-5-7-13(8-6-11)17-14-12(10-15)4-3-9-16-14/h3-4,9,11,13H,2,5-8H2,1H3,(H,16,17). The molecule has 1 aromatic heterocycles. The number of nitrogens with one attached hydrogen (secondary N) is 1. The van der Waals surface area contributed by atoms with Crippen LogP contribution in [0.1, 0.15) is 44.6 Å². The smallest absolute Gasteiger partial charge is 0.144 e. The summed E-state index contributed by atoms with van der Waals surface area (Å²) < 4.78 is 0. The van der Waals surface area contributed by atoms with Gasteiger partial charge in [-0.15, -0.1) is 0 Å². The first-order valence-electron chi connectivity index (χ1n) is 6.45. The molecular formula is C14H19N3. The van der Waals surface area contributed by atoms with Crippen molar-refractivity contribution in [1.82, 2.24) is 4.98 Å². The molecule has 1 aliphatic carbocycles. The highest BCUT2D eigenvalue weighted by Crippen LogP contribution is 2.28. The highest BCUT2D eigenvalue weighted by molar-refractivity contribution is 5.51. The summed E-state index contributed by atoms with van der Waals surface area (Å²) in [4.78, 5) is 4.25. The Kier molecular flexibility index (Phi) is 3.98. The number of aromatic nitrogens is 1. The monoisotopic (exact) mass is 229 g/mol. The lowest BCUT2D eigenvalue weighted by Gasteiger charge is -2.28. The quantitative estimate of drug-likeness (QED) is 0.864. The van der Waals surface area contributed by atoms with E-state index in [0.29, 0.717) is 11.6 Å². The Morgan fingerprint density at radius 2 is 2.18 bits per heavy atom. The fraction of sp³-hybridized carbons (Fsp3) is 0.571. The van der Waals surface area contributed by atoms with Gasteiger partial charge in [0.05, 0.1) is 5.56 Å². The van der Waals surface area contributed by atoms with Gasteiger partial charge in [0.2, 0.25) is 0 Å². The lowest BCUT2D eigenvalue weighted by atomic mass is 9.84. The Morgan fingerprint density at radius 1 is 1.41 bits per heavy atom. The molecule has 0 amide bonds. The van der Waals surface area contributed by atoms with E-state index in [9.17, 15) is 0 Å². The van der Waals surface area contributed by atoms with Gasteiger partial charge in [-0.05, 0) is 43.7 Å². The molecule has 17 heavy (non-hydrogen) atoms. The number of hydrogen-bond acceptors (Lipinski definition) is 3. The highest BCUT2D eigenvalue weighted by Gasteiger charge is 2.20. The van der Waals surface area contributed by atoms with E-state index in [1.165, 1.54) is 32.1 Å². The number of anilines is 1. The summed E-state index contributed by atoms with van der Waals surface area (Å²) in [5, 5.41) is 12.4. The summed E-state index contributed by atoms with van der Waals surface area (Å²) in [5.74, 6) is 1.64. The molecule has 0 atom stereocenters. The number of nitriles is 1. The van der Waals surface area contributed by atoms with Gasteiger partial charge in [0.25, 0.3) is 0 Å². The van der Waals surface area contributed by atoms with Crippen LogP contribution in [0, 0.1) is 17.2 Å². The van der Waals surface area contributed by atoms with Gasteiger partial charge in [-0.2, -0.15) is 5.26 Å². The molecule has 0 spiro atoms. The Morgan fingerprint density at radius 3 is 2.82 bits per heavy atom.